The molecule has 0 unspecified atom stereocenters. The number of hydrogen-bond acceptors (Lipinski definition) is 4. The number of nitrogens with zero attached hydrogens (tertiary/aromatic N) is 2. The Balaban J connectivity index is 1.77. The molecule has 3 rings (SSSR count). The minimum Gasteiger partial charge on any atom is -0.343 e. The second kappa shape index (κ2) is 7.28. The molecular formula is C19H23N3OS. The van der Waals surface area contributed by atoms with Gasteiger partial charge in [-0.1, -0.05) is 37.7 Å². The Labute approximate surface area is 147 Å². The van der Waals surface area contributed by atoms with Crippen LogP contribution in [0.1, 0.15) is 13.8 Å². The molecule has 24 heavy (non-hydrogen) atoms. The van der Waals surface area contributed by atoms with Gasteiger partial charge in [-0.25, -0.2) is 0 Å². The van der Waals surface area contributed by atoms with E-state index in [0.717, 1.165) is 23.7 Å². The maximum Gasteiger partial charge on any atom is 0.238 e. The van der Waals surface area contributed by atoms with Crippen molar-refractivity contribution in [2.75, 3.05) is 36.9 Å². The van der Waals surface area contributed by atoms with E-state index in [0.29, 0.717) is 6.54 Å². The van der Waals surface area contributed by atoms with Gasteiger partial charge in [0.15, 0.2) is 0 Å². The van der Waals surface area contributed by atoms with Gasteiger partial charge >= 0.3 is 0 Å². The molecule has 1 amide bonds. The fraction of sp³-hybridized carbons (Fsp3) is 0.316. The maximum atomic E-state index is 12.2. The van der Waals surface area contributed by atoms with Crippen LogP contribution in [0.25, 0.3) is 0 Å². The zero-order chi connectivity index (χ0) is 17.1. The molecule has 0 aromatic heterocycles. The Morgan fingerprint density at radius 1 is 1.08 bits per heavy atom. The molecular weight excluding hydrogens is 318 g/mol. The van der Waals surface area contributed by atoms with Crippen molar-refractivity contribution in [2.24, 2.45) is 0 Å². The fourth-order valence-electron chi connectivity index (χ4n) is 2.87. The number of nitrogens with one attached hydrogen (secondary N) is 1. The second-order valence-corrected chi connectivity index (χ2v) is 6.90. The van der Waals surface area contributed by atoms with E-state index in [9.17, 15) is 4.79 Å². The minimum absolute atomic E-state index is 0.0354. The summed E-state index contributed by atoms with van der Waals surface area (Å²) in [5, 5.41) is 3.02. The van der Waals surface area contributed by atoms with Crippen molar-refractivity contribution < 1.29 is 4.79 Å². The van der Waals surface area contributed by atoms with E-state index in [-0.39, 0.29) is 5.91 Å². The molecule has 1 N–H and O–H groups in total. The van der Waals surface area contributed by atoms with Crippen LogP contribution in [0.5, 0.6) is 0 Å². The number of anilines is 3. The summed E-state index contributed by atoms with van der Waals surface area (Å²) >= 11 is 1.75. The van der Waals surface area contributed by atoms with Crippen molar-refractivity contribution >= 4 is 34.7 Å². The number of amides is 1. The van der Waals surface area contributed by atoms with Crippen LogP contribution >= 0.6 is 11.8 Å². The third-order valence-electron chi connectivity index (χ3n) is 4.31. The molecule has 0 fully saturated rings. The Morgan fingerprint density at radius 2 is 1.79 bits per heavy atom. The summed E-state index contributed by atoms with van der Waals surface area (Å²) in [4.78, 5) is 18.9. The summed E-state index contributed by atoms with van der Waals surface area (Å²) in [5.74, 6) is 0.0354. The van der Waals surface area contributed by atoms with Crippen LogP contribution in [0, 0.1) is 0 Å². The Kier molecular flexibility index (Phi) is 5.11. The molecule has 1 aliphatic heterocycles. The average molecular weight is 341 g/mol. The van der Waals surface area contributed by atoms with Crippen LogP contribution < -0.4 is 10.2 Å². The first-order valence-electron chi connectivity index (χ1n) is 8.29. The van der Waals surface area contributed by atoms with E-state index in [1.165, 1.54) is 16.3 Å². The quantitative estimate of drug-likeness (QED) is 0.884. The molecule has 1 aliphatic rings. The summed E-state index contributed by atoms with van der Waals surface area (Å²) in [6.45, 7) is 6.33. The zero-order valence-corrected chi connectivity index (χ0v) is 15.2. The predicted molar refractivity (Wildman–Crippen MR) is 101 cm³/mol. The molecule has 0 saturated heterocycles. The monoisotopic (exact) mass is 341 g/mol. The Morgan fingerprint density at radius 3 is 2.54 bits per heavy atom. The lowest BCUT2D eigenvalue weighted by Gasteiger charge is -2.29. The molecule has 2 aromatic rings. The lowest BCUT2D eigenvalue weighted by Crippen LogP contribution is -2.32. The molecule has 2 aromatic carbocycles. The molecule has 0 spiro atoms. The molecule has 0 radical (unpaired) electrons. The number of rotatable bonds is 5. The molecule has 0 saturated carbocycles. The third kappa shape index (κ3) is 3.42. The smallest absolute Gasteiger partial charge is 0.238 e. The number of carbonyl (C=O) groups is 1. The van der Waals surface area contributed by atoms with Gasteiger partial charge in [-0.2, -0.15) is 0 Å². The largest absolute Gasteiger partial charge is 0.343 e. The predicted octanol–water partition coefficient (Wildman–Crippen LogP) is 4.20. The van der Waals surface area contributed by atoms with Crippen molar-refractivity contribution in [1.29, 1.82) is 0 Å². The number of likely N-dealkylation sites (N-methyl/N-ethyl adjacent to an activating group) is 1. The van der Waals surface area contributed by atoms with E-state index in [1.807, 2.05) is 6.07 Å². The summed E-state index contributed by atoms with van der Waals surface area (Å²) in [7, 11) is 2.08. The average Bonchev–Trinajstić information content (AvgIpc) is 2.59. The van der Waals surface area contributed by atoms with E-state index in [4.69, 9.17) is 0 Å². The number of fused-ring (bicyclic) bond motifs is 2. The van der Waals surface area contributed by atoms with Gasteiger partial charge in [0.25, 0.3) is 0 Å². The molecule has 5 heteroatoms. The fourth-order valence-corrected chi connectivity index (χ4v) is 4.06. The molecule has 0 atom stereocenters. The summed E-state index contributed by atoms with van der Waals surface area (Å²) in [5.41, 5.74) is 3.24. The highest BCUT2D eigenvalue weighted by Gasteiger charge is 2.20. The highest BCUT2D eigenvalue weighted by Crippen LogP contribution is 2.47. The van der Waals surface area contributed by atoms with Gasteiger partial charge < -0.3 is 10.2 Å². The van der Waals surface area contributed by atoms with E-state index in [2.05, 4.69) is 72.4 Å². The molecule has 126 valence electrons. The van der Waals surface area contributed by atoms with Gasteiger partial charge in [0.05, 0.1) is 17.9 Å². The first-order chi connectivity index (χ1) is 11.6. The number of hydrogen-bond donors (Lipinski definition) is 1. The van der Waals surface area contributed by atoms with Crippen molar-refractivity contribution in [2.45, 2.75) is 23.6 Å². The lowest BCUT2D eigenvalue weighted by atomic mass is 10.2. The normalized spacial score (nSPS) is 12.8. The van der Waals surface area contributed by atoms with Gasteiger partial charge in [-0.15, -0.1) is 0 Å². The van der Waals surface area contributed by atoms with E-state index >= 15 is 0 Å². The molecule has 4 nitrogen and oxygen atoms in total. The van der Waals surface area contributed by atoms with Gasteiger partial charge in [0, 0.05) is 22.5 Å². The van der Waals surface area contributed by atoms with Crippen LogP contribution in [0.3, 0.4) is 0 Å². The van der Waals surface area contributed by atoms with Crippen molar-refractivity contribution in [1.82, 2.24) is 4.90 Å². The maximum absolute atomic E-state index is 12.2. The first kappa shape index (κ1) is 16.9. The summed E-state index contributed by atoms with van der Waals surface area (Å²) in [6, 6.07) is 14.5. The van der Waals surface area contributed by atoms with Gasteiger partial charge in [-0.05, 0) is 43.4 Å². The molecule has 1 heterocycles. The third-order valence-corrected chi connectivity index (χ3v) is 5.43. The Bertz CT molecular complexity index is 743. The number of benzene rings is 2. The van der Waals surface area contributed by atoms with Gasteiger partial charge in [0.1, 0.15) is 0 Å². The standard InChI is InChI=1S/C19H23N3OS/c1-4-22(5-2)13-19(23)20-14-10-11-16-18(12-14)24-17-9-7-6-8-15(17)21(16)3/h6-12H,4-5,13H2,1-3H3,(H,20,23). The number of carbonyl (C=O) groups excluding carboxylic acids is 1. The second-order valence-electron chi connectivity index (χ2n) is 5.82. The zero-order valence-electron chi connectivity index (χ0n) is 14.4. The first-order valence-corrected chi connectivity index (χ1v) is 9.11. The highest BCUT2D eigenvalue weighted by molar-refractivity contribution is 7.99. The lowest BCUT2D eigenvalue weighted by molar-refractivity contribution is -0.117. The van der Waals surface area contributed by atoms with Crippen LogP contribution in [0.4, 0.5) is 17.1 Å². The van der Waals surface area contributed by atoms with Crippen LogP contribution in [0.15, 0.2) is 52.3 Å². The molecule has 0 bridgehead atoms. The van der Waals surface area contributed by atoms with Crippen LogP contribution in [-0.4, -0.2) is 37.5 Å². The minimum atomic E-state index is 0.0354. The van der Waals surface area contributed by atoms with Gasteiger partial charge in [0.2, 0.25) is 5.91 Å². The van der Waals surface area contributed by atoms with Crippen molar-refractivity contribution in [3.63, 3.8) is 0 Å². The SMILES string of the molecule is CCN(CC)CC(=O)Nc1ccc2c(c1)Sc1ccccc1N2C. The topological polar surface area (TPSA) is 35.6 Å². The van der Waals surface area contributed by atoms with E-state index in [1.54, 1.807) is 11.8 Å². The summed E-state index contributed by atoms with van der Waals surface area (Å²) < 4.78 is 0. The van der Waals surface area contributed by atoms with Crippen LogP contribution in [0.2, 0.25) is 0 Å². The number of para-hydroxylation sites is 1. The van der Waals surface area contributed by atoms with E-state index < -0.39 is 0 Å². The highest BCUT2D eigenvalue weighted by atomic mass is 32.2. The van der Waals surface area contributed by atoms with Gasteiger partial charge in [-0.3, -0.25) is 9.69 Å². The van der Waals surface area contributed by atoms with Crippen molar-refractivity contribution in [3.05, 3.63) is 42.5 Å². The van der Waals surface area contributed by atoms with Crippen LogP contribution in [-0.2, 0) is 4.79 Å². The Hall–Kier alpha value is -1.98. The van der Waals surface area contributed by atoms with Crippen molar-refractivity contribution in [3.8, 4) is 0 Å². The summed E-state index contributed by atoms with van der Waals surface area (Å²) in [6.07, 6.45) is 0. The molecule has 0 aliphatic carbocycles.